The lowest BCUT2D eigenvalue weighted by Crippen LogP contribution is -2.75. The molecule has 0 atom stereocenters. The van der Waals surface area contributed by atoms with Gasteiger partial charge in [-0.05, 0) is 30.7 Å². The van der Waals surface area contributed by atoms with Gasteiger partial charge < -0.3 is 39.5 Å². The number of fused-ring (bicyclic) bond motifs is 4. The number of piperazine rings is 3. The maximum Gasteiger partial charge on any atom is 0.250 e. The van der Waals surface area contributed by atoms with Crippen LogP contribution in [0.3, 0.4) is 0 Å². The quantitative estimate of drug-likeness (QED) is 0.0916. The van der Waals surface area contributed by atoms with E-state index in [0.717, 1.165) is 51.8 Å². The summed E-state index contributed by atoms with van der Waals surface area (Å²) in [7, 11) is -9.12. The van der Waals surface area contributed by atoms with Crippen molar-refractivity contribution in [3.8, 4) is 5.75 Å². The summed E-state index contributed by atoms with van der Waals surface area (Å²) in [4.78, 5) is 25.9. The number of nitrogens with zero attached hydrogens (tertiary/aromatic N) is 3. The third-order valence-corrected chi connectivity index (χ3v) is 11.9. The number of quaternary nitrogens is 2. The van der Waals surface area contributed by atoms with Crippen LogP contribution in [-0.2, 0) is 14.6 Å². The molecule has 5 N–H and O–H groups in total. The molecule has 12 nitrogen and oxygen atoms in total. The van der Waals surface area contributed by atoms with E-state index >= 15 is 0 Å². The number of aliphatic imine (C=N–C) groups is 1. The summed E-state index contributed by atoms with van der Waals surface area (Å²) in [6.45, 7) is 12.2. The van der Waals surface area contributed by atoms with Crippen molar-refractivity contribution >= 4 is 45.0 Å². The third-order valence-electron chi connectivity index (χ3n) is 7.83. The second-order valence-electron chi connectivity index (χ2n) is 10.4. The number of hydrogen-bond donors (Lipinski definition) is 3. The van der Waals surface area contributed by atoms with E-state index in [1.54, 1.807) is 13.0 Å². The third kappa shape index (κ3) is 7.05. The van der Waals surface area contributed by atoms with Crippen LogP contribution >= 0.6 is 18.9 Å². The molecule has 1 aromatic carbocycles. The summed E-state index contributed by atoms with van der Waals surface area (Å²) < 4.78 is 46.9. The van der Waals surface area contributed by atoms with E-state index in [9.17, 15) is 22.8 Å². The Balaban J connectivity index is 1.28. The van der Waals surface area contributed by atoms with Crippen molar-refractivity contribution in [3.05, 3.63) is 23.8 Å². The van der Waals surface area contributed by atoms with Crippen molar-refractivity contribution in [2.45, 2.75) is 24.0 Å². The highest BCUT2D eigenvalue weighted by molar-refractivity contribution is 7.92. The first-order valence-electron chi connectivity index (χ1n) is 12.7. The number of rotatable bonds is 13. The van der Waals surface area contributed by atoms with Gasteiger partial charge in [0.15, 0.2) is 5.96 Å². The van der Waals surface area contributed by atoms with Gasteiger partial charge in [-0.25, -0.2) is 13.1 Å². The molecular formula is C23H37N6O6PS2. The average Bonchev–Trinajstić information content (AvgIpc) is 3.21. The Labute approximate surface area is 227 Å². The molecule has 4 heterocycles. The zero-order chi connectivity index (χ0) is 27.6. The van der Waals surface area contributed by atoms with Crippen molar-refractivity contribution in [2.24, 2.45) is 16.5 Å². The summed E-state index contributed by atoms with van der Waals surface area (Å²) in [5, 5.41) is 0.725. The monoisotopic (exact) mass is 588 g/mol. The minimum absolute atomic E-state index is 0.00480. The Morgan fingerprint density at radius 2 is 1.71 bits per heavy atom. The molecule has 212 valence electrons. The summed E-state index contributed by atoms with van der Waals surface area (Å²) in [6, 6.07) is 5.43. The molecule has 38 heavy (non-hydrogen) atoms. The van der Waals surface area contributed by atoms with Gasteiger partial charge in [0.05, 0.1) is 19.7 Å². The van der Waals surface area contributed by atoms with Gasteiger partial charge in [0.2, 0.25) is 0 Å². The molecule has 1 aromatic heterocycles. The molecule has 0 unspecified atom stereocenters. The molecule has 5 rings (SSSR count). The number of benzene rings is 1. The van der Waals surface area contributed by atoms with Gasteiger partial charge in [-0.3, -0.25) is 4.99 Å². The van der Waals surface area contributed by atoms with Crippen LogP contribution in [0.25, 0.3) is 10.1 Å². The summed E-state index contributed by atoms with van der Waals surface area (Å²) >= 11 is 1.03. The number of nitrogens with one attached hydrogen (secondary N) is 1. The SMILES string of the molecule is Cc1c(S(=O)(=O)NCP(=O)([O-])[O-])sc2ccc(OCCC[N+]34CC[N+](CCCN=C(N)N)(CC3)CC4)cc12. The number of sulfonamides is 1. The Morgan fingerprint density at radius 1 is 1.11 bits per heavy atom. The molecule has 2 bridgehead atoms. The van der Waals surface area contributed by atoms with Gasteiger partial charge in [-0.2, -0.15) is 0 Å². The van der Waals surface area contributed by atoms with Crippen LogP contribution in [0.1, 0.15) is 18.4 Å². The lowest BCUT2D eigenvalue weighted by molar-refractivity contribution is -1.08. The zero-order valence-electron chi connectivity index (χ0n) is 21.6. The minimum atomic E-state index is -5.00. The highest BCUT2D eigenvalue weighted by Gasteiger charge is 2.48. The smallest absolute Gasteiger partial charge is 0.250 e. The van der Waals surface area contributed by atoms with Gasteiger partial charge in [-0.15, -0.1) is 11.3 Å². The van der Waals surface area contributed by atoms with Crippen LogP contribution in [0, 0.1) is 6.92 Å². The van der Waals surface area contributed by atoms with Crippen molar-refractivity contribution in [3.63, 3.8) is 0 Å². The predicted molar refractivity (Wildman–Crippen MR) is 144 cm³/mol. The molecule has 0 radical (unpaired) electrons. The van der Waals surface area contributed by atoms with E-state index in [-0.39, 0.29) is 10.2 Å². The van der Waals surface area contributed by atoms with E-state index in [2.05, 4.69) is 4.99 Å². The summed E-state index contributed by atoms with van der Waals surface area (Å²) in [5.74, 6) is 0.820. The van der Waals surface area contributed by atoms with Crippen LogP contribution < -0.4 is 30.7 Å². The Hall–Kier alpha value is -1.77. The van der Waals surface area contributed by atoms with Crippen molar-refractivity contribution in [2.75, 3.05) is 71.8 Å². The fraction of sp³-hybridized carbons (Fsp3) is 0.609. The van der Waals surface area contributed by atoms with Crippen molar-refractivity contribution < 1.29 is 36.5 Å². The number of nitrogens with two attached hydrogens (primary N) is 2. The van der Waals surface area contributed by atoms with Crippen LogP contribution in [0.15, 0.2) is 27.4 Å². The van der Waals surface area contributed by atoms with Crippen LogP contribution in [0.4, 0.5) is 0 Å². The molecule has 0 spiro atoms. The first-order valence-corrected chi connectivity index (χ1v) is 16.8. The molecule has 0 saturated carbocycles. The topological polar surface area (TPSA) is 183 Å². The van der Waals surface area contributed by atoms with Gasteiger partial charge >= 0.3 is 0 Å². The van der Waals surface area contributed by atoms with Crippen molar-refractivity contribution in [1.82, 2.24) is 4.72 Å². The lowest BCUT2D eigenvalue weighted by Gasteiger charge is -2.55. The van der Waals surface area contributed by atoms with E-state index in [4.69, 9.17) is 16.2 Å². The van der Waals surface area contributed by atoms with Gasteiger partial charge in [-0.1, -0.05) is 7.60 Å². The van der Waals surface area contributed by atoms with Crippen LogP contribution in [-0.4, -0.2) is 95.1 Å². The number of thiophene rings is 1. The second kappa shape index (κ2) is 11.4. The van der Waals surface area contributed by atoms with Crippen molar-refractivity contribution in [1.29, 1.82) is 0 Å². The van der Waals surface area contributed by atoms with Crippen LogP contribution in [0.2, 0.25) is 0 Å². The van der Waals surface area contributed by atoms with E-state index in [1.807, 2.05) is 16.9 Å². The molecule has 3 aliphatic heterocycles. The first-order chi connectivity index (χ1) is 17.8. The van der Waals surface area contributed by atoms with Gasteiger partial charge in [0.25, 0.3) is 10.0 Å². The van der Waals surface area contributed by atoms with Gasteiger partial charge in [0, 0.05) is 35.8 Å². The Morgan fingerprint density at radius 3 is 2.29 bits per heavy atom. The number of hydrogen-bond acceptors (Lipinski definition) is 8. The Kier molecular flexibility index (Phi) is 8.75. The molecule has 3 saturated heterocycles. The molecule has 0 amide bonds. The Bertz CT molecular complexity index is 1310. The number of guanidine groups is 1. The minimum Gasteiger partial charge on any atom is -0.810 e. The highest BCUT2D eigenvalue weighted by Crippen LogP contribution is 2.36. The predicted octanol–water partition coefficient (Wildman–Crippen LogP) is -0.548. The number of aryl methyl sites for hydroxylation is 1. The fourth-order valence-electron chi connectivity index (χ4n) is 5.57. The second-order valence-corrected chi connectivity index (χ2v) is 15.0. The highest BCUT2D eigenvalue weighted by atomic mass is 32.2. The molecule has 3 aliphatic rings. The standard InChI is InChI=1S/C23H37N6O6PS2/c1-18-20-16-19(4-5-21(20)37-22(18)38(33,34)27-17-36(30,31)32)35-15-3-8-29-12-9-28(10-13-29,11-14-29)7-2-6-26-23(24)25/h4-5,16,27H,2-3,6-15,17H2,1H3,(H4-2,24,25,26,30,31,32). The fourth-order valence-corrected chi connectivity index (χ4v) is 9.33. The number of ether oxygens (including phenoxy) is 1. The molecule has 15 heteroatoms. The largest absolute Gasteiger partial charge is 0.810 e. The molecule has 0 aliphatic carbocycles. The zero-order valence-corrected chi connectivity index (χ0v) is 24.2. The van der Waals surface area contributed by atoms with E-state index in [0.29, 0.717) is 24.5 Å². The summed E-state index contributed by atoms with van der Waals surface area (Å²) in [5.41, 5.74) is 11.4. The van der Waals surface area contributed by atoms with Gasteiger partial charge in [0.1, 0.15) is 49.2 Å². The van der Waals surface area contributed by atoms with E-state index in [1.165, 1.54) is 43.8 Å². The molecule has 3 fully saturated rings. The summed E-state index contributed by atoms with van der Waals surface area (Å²) in [6.07, 6.45) is 0.780. The maximum absolute atomic E-state index is 12.5. The molecular weight excluding hydrogens is 551 g/mol. The van der Waals surface area contributed by atoms with Crippen LogP contribution in [0.5, 0.6) is 5.75 Å². The lowest BCUT2D eigenvalue weighted by atomic mass is 10.1. The average molecular weight is 589 g/mol. The maximum atomic E-state index is 12.5. The molecule has 2 aromatic rings. The van der Waals surface area contributed by atoms with E-state index < -0.39 is 23.9 Å². The normalized spacial score (nSPS) is 23.6. The first kappa shape index (κ1) is 29.2.